The first kappa shape index (κ1) is 15.5. The number of carbonyl (C=O) groups excluding carboxylic acids is 1. The van der Waals surface area contributed by atoms with Crippen molar-refractivity contribution in [2.24, 2.45) is 0 Å². The maximum atomic E-state index is 13.0. The smallest absolute Gasteiger partial charge is 0.242 e. The second kappa shape index (κ2) is 5.99. The maximum Gasteiger partial charge on any atom is 0.242 e. The van der Waals surface area contributed by atoms with E-state index in [1.165, 1.54) is 6.42 Å². The Morgan fingerprint density at radius 2 is 1.95 bits per heavy atom. The van der Waals surface area contributed by atoms with Crippen LogP contribution in [-0.4, -0.2) is 58.1 Å². The van der Waals surface area contributed by atoms with Crippen LogP contribution in [0.25, 0.3) is 0 Å². The summed E-state index contributed by atoms with van der Waals surface area (Å²) in [6, 6.07) is 0. The van der Waals surface area contributed by atoms with Crippen LogP contribution < -0.4 is 0 Å². The predicted octanol–water partition coefficient (Wildman–Crippen LogP) is 1.96. The molecule has 122 valence electrons. The van der Waals surface area contributed by atoms with Crippen molar-refractivity contribution in [1.29, 1.82) is 0 Å². The van der Waals surface area contributed by atoms with Crippen molar-refractivity contribution in [3.63, 3.8) is 0 Å². The second-order valence-electron chi connectivity index (χ2n) is 6.88. The fraction of sp³-hybridized carbons (Fsp3) is 0.812. The second-order valence-corrected chi connectivity index (χ2v) is 6.88. The van der Waals surface area contributed by atoms with Gasteiger partial charge in [-0.3, -0.25) is 9.69 Å². The van der Waals surface area contributed by atoms with Crippen molar-refractivity contribution < 1.29 is 9.21 Å². The summed E-state index contributed by atoms with van der Waals surface area (Å²) in [5, 5.41) is 8.03. The van der Waals surface area contributed by atoms with Crippen molar-refractivity contribution in [3.05, 3.63) is 11.8 Å². The third-order valence-electron chi connectivity index (χ3n) is 5.38. The fourth-order valence-corrected chi connectivity index (χ4v) is 3.67. The minimum atomic E-state index is -0.327. The highest BCUT2D eigenvalue weighted by molar-refractivity contribution is 5.86. The SMILES string of the molecule is Cc1nnc(C2CCN(C(=O)C3(C)CCCCN3C)CC2)o1. The van der Waals surface area contributed by atoms with E-state index in [-0.39, 0.29) is 11.4 Å². The third-order valence-corrected chi connectivity index (χ3v) is 5.38. The summed E-state index contributed by atoms with van der Waals surface area (Å²) in [4.78, 5) is 17.2. The van der Waals surface area contributed by atoms with Crippen LogP contribution in [-0.2, 0) is 4.79 Å². The van der Waals surface area contributed by atoms with Gasteiger partial charge in [0.05, 0.1) is 5.54 Å². The van der Waals surface area contributed by atoms with E-state index < -0.39 is 0 Å². The number of hydrogen-bond acceptors (Lipinski definition) is 5. The van der Waals surface area contributed by atoms with Gasteiger partial charge in [-0.15, -0.1) is 10.2 Å². The number of likely N-dealkylation sites (tertiary alicyclic amines) is 2. The quantitative estimate of drug-likeness (QED) is 0.836. The number of amides is 1. The largest absolute Gasteiger partial charge is 0.425 e. The molecule has 2 aliphatic heterocycles. The molecule has 6 nitrogen and oxygen atoms in total. The third kappa shape index (κ3) is 2.76. The molecule has 2 aliphatic rings. The molecule has 0 saturated carbocycles. The normalized spacial score (nSPS) is 28.0. The van der Waals surface area contributed by atoms with Gasteiger partial charge in [0, 0.05) is 25.9 Å². The Hall–Kier alpha value is -1.43. The molecular weight excluding hydrogens is 280 g/mol. The number of likely N-dealkylation sites (N-methyl/N-ethyl adjacent to an activating group) is 1. The van der Waals surface area contributed by atoms with E-state index in [0.29, 0.717) is 11.8 Å². The summed E-state index contributed by atoms with van der Waals surface area (Å²) in [5.41, 5.74) is -0.327. The molecule has 1 amide bonds. The van der Waals surface area contributed by atoms with E-state index >= 15 is 0 Å². The zero-order chi connectivity index (χ0) is 15.7. The van der Waals surface area contributed by atoms with E-state index in [9.17, 15) is 4.79 Å². The van der Waals surface area contributed by atoms with Gasteiger partial charge < -0.3 is 9.32 Å². The molecule has 0 spiro atoms. The molecule has 2 fully saturated rings. The van der Waals surface area contributed by atoms with Crippen molar-refractivity contribution >= 4 is 5.91 Å². The number of nitrogens with zero attached hydrogens (tertiary/aromatic N) is 4. The van der Waals surface area contributed by atoms with Crippen molar-refractivity contribution in [2.45, 2.75) is 57.4 Å². The number of aryl methyl sites for hydroxylation is 1. The van der Waals surface area contributed by atoms with Crippen LogP contribution in [0.3, 0.4) is 0 Å². The summed E-state index contributed by atoms with van der Waals surface area (Å²) < 4.78 is 5.54. The molecule has 0 aromatic carbocycles. The Balaban J connectivity index is 1.62. The van der Waals surface area contributed by atoms with Gasteiger partial charge in [0.25, 0.3) is 0 Å². The van der Waals surface area contributed by atoms with Gasteiger partial charge in [-0.1, -0.05) is 0 Å². The zero-order valence-corrected chi connectivity index (χ0v) is 13.8. The van der Waals surface area contributed by atoms with Crippen LogP contribution in [0.5, 0.6) is 0 Å². The van der Waals surface area contributed by atoms with E-state index in [0.717, 1.165) is 51.2 Å². The molecule has 1 atom stereocenters. The Kier molecular flexibility index (Phi) is 4.21. The lowest BCUT2D eigenvalue weighted by Crippen LogP contribution is -2.59. The van der Waals surface area contributed by atoms with Gasteiger partial charge in [0.1, 0.15) is 0 Å². The standard InChI is InChI=1S/C16H26N4O2/c1-12-17-18-14(22-12)13-6-10-20(11-7-13)15(21)16(2)8-4-5-9-19(16)3/h13H,4-11H2,1-3H3. The first-order valence-corrected chi connectivity index (χ1v) is 8.31. The zero-order valence-electron chi connectivity index (χ0n) is 13.8. The first-order valence-electron chi connectivity index (χ1n) is 8.31. The monoisotopic (exact) mass is 306 g/mol. The molecule has 0 aliphatic carbocycles. The highest BCUT2D eigenvalue weighted by Crippen LogP contribution is 2.32. The van der Waals surface area contributed by atoms with Crippen LogP contribution in [0.15, 0.2) is 4.42 Å². The predicted molar refractivity (Wildman–Crippen MR) is 82.5 cm³/mol. The van der Waals surface area contributed by atoms with Gasteiger partial charge in [-0.25, -0.2) is 0 Å². The number of aromatic nitrogens is 2. The maximum absolute atomic E-state index is 13.0. The van der Waals surface area contributed by atoms with Crippen LogP contribution in [0.2, 0.25) is 0 Å². The minimum Gasteiger partial charge on any atom is -0.425 e. The van der Waals surface area contributed by atoms with Crippen molar-refractivity contribution in [2.75, 3.05) is 26.7 Å². The number of hydrogen-bond donors (Lipinski definition) is 0. The molecule has 0 bridgehead atoms. The van der Waals surface area contributed by atoms with Gasteiger partial charge in [-0.2, -0.15) is 0 Å². The summed E-state index contributed by atoms with van der Waals surface area (Å²) in [6.45, 7) is 6.50. The molecule has 1 aromatic rings. The average Bonchev–Trinajstić information content (AvgIpc) is 2.96. The summed E-state index contributed by atoms with van der Waals surface area (Å²) in [7, 11) is 2.07. The molecule has 1 aromatic heterocycles. The van der Waals surface area contributed by atoms with E-state index in [2.05, 4.69) is 29.1 Å². The Morgan fingerprint density at radius 3 is 2.55 bits per heavy atom. The Bertz CT molecular complexity index is 536. The highest BCUT2D eigenvalue weighted by Gasteiger charge is 2.42. The van der Waals surface area contributed by atoms with Crippen LogP contribution in [0, 0.1) is 6.92 Å². The van der Waals surface area contributed by atoms with Gasteiger partial charge in [0.15, 0.2) is 0 Å². The van der Waals surface area contributed by atoms with Crippen molar-refractivity contribution in [1.82, 2.24) is 20.0 Å². The van der Waals surface area contributed by atoms with Crippen LogP contribution >= 0.6 is 0 Å². The lowest BCUT2D eigenvalue weighted by molar-refractivity contribution is -0.146. The summed E-state index contributed by atoms with van der Waals surface area (Å²) >= 11 is 0. The highest BCUT2D eigenvalue weighted by atomic mass is 16.4. The molecule has 22 heavy (non-hydrogen) atoms. The molecule has 0 N–H and O–H groups in total. The summed E-state index contributed by atoms with van der Waals surface area (Å²) in [5.74, 6) is 1.92. The van der Waals surface area contributed by atoms with E-state index in [4.69, 9.17) is 4.42 Å². The number of rotatable bonds is 2. The van der Waals surface area contributed by atoms with Gasteiger partial charge in [-0.05, 0) is 52.6 Å². The van der Waals surface area contributed by atoms with E-state index in [1.54, 1.807) is 0 Å². The Labute approximate surface area is 131 Å². The lowest BCUT2D eigenvalue weighted by Gasteiger charge is -2.45. The topological polar surface area (TPSA) is 62.5 Å². The molecule has 1 unspecified atom stereocenters. The average molecular weight is 306 g/mol. The first-order chi connectivity index (χ1) is 10.5. The lowest BCUT2D eigenvalue weighted by atomic mass is 9.86. The Morgan fingerprint density at radius 1 is 1.23 bits per heavy atom. The fourth-order valence-electron chi connectivity index (χ4n) is 3.67. The van der Waals surface area contributed by atoms with Gasteiger partial charge >= 0.3 is 0 Å². The number of carbonyl (C=O) groups is 1. The molecule has 2 saturated heterocycles. The molecule has 3 rings (SSSR count). The summed E-state index contributed by atoms with van der Waals surface area (Å²) in [6.07, 6.45) is 5.12. The number of piperidine rings is 2. The van der Waals surface area contributed by atoms with Crippen LogP contribution in [0.1, 0.15) is 56.7 Å². The van der Waals surface area contributed by atoms with E-state index in [1.807, 2.05) is 11.8 Å². The van der Waals surface area contributed by atoms with Gasteiger partial charge in [0.2, 0.25) is 17.7 Å². The molecule has 6 heteroatoms. The molecule has 0 radical (unpaired) electrons. The molecule has 3 heterocycles. The van der Waals surface area contributed by atoms with Crippen LogP contribution in [0.4, 0.5) is 0 Å². The minimum absolute atomic E-state index is 0.287. The van der Waals surface area contributed by atoms with Crippen molar-refractivity contribution in [3.8, 4) is 0 Å². The molecular formula is C16H26N4O2.